The second-order valence-corrected chi connectivity index (χ2v) is 8.65. The Kier molecular flexibility index (Phi) is 7.28. The van der Waals surface area contributed by atoms with Crippen LogP contribution in [0.15, 0.2) is 42.5 Å². The lowest BCUT2D eigenvalue weighted by molar-refractivity contribution is -0.275. The molecule has 0 saturated carbocycles. The summed E-state index contributed by atoms with van der Waals surface area (Å²) in [5.41, 5.74) is 0.813. The van der Waals surface area contributed by atoms with Gasteiger partial charge < -0.3 is 18.9 Å². The van der Waals surface area contributed by atoms with Crippen LogP contribution in [-0.4, -0.2) is 42.6 Å². The largest absolute Gasteiger partial charge is 0.573 e. The lowest BCUT2D eigenvalue weighted by atomic mass is 9.92. The van der Waals surface area contributed by atoms with Crippen molar-refractivity contribution in [1.29, 1.82) is 0 Å². The van der Waals surface area contributed by atoms with E-state index in [1.165, 1.54) is 30.2 Å². The minimum atomic E-state index is -4.81. The highest BCUT2D eigenvalue weighted by molar-refractivity contribution is 5.84. The first kappa shape index (κ1) is 25.2. The van der Waals surface area contributed by atoms with E-state index in [1.54, 1.807) is 45.0 Å². The number of benzene rings is 2. The summed E-state index contributed by atoms with van der Waals surface area (Å²) in [4.78, 5) is 26.6. The highest BCUT2D eigenvalue weighted by Crippen LogP contribution is 2.35. The number of hydrogen-bond donors (Lipinski definition) is 0. The number of carbonyl (C=O) groups is 2. The van der Waals surface area contributed by atoms with Gasteiger partial charge in [0.2, 0.25) is 0 Å². The number of alkyl halides is 3. The number of ether oxygens (including phenoxy) is 4. The molecule has 0 saturated heterocycles. The number of hydrogen-bond acceptors (Lipinski definition) is 6. The van der Waals surface area contributed by atoms with E-state index in [4.69, 9.17) is 14.2 Å². The number of nitrogens with zero attached hydrogens (tertiary/aromatic N) is 1. The molecule has 2 aromatic carbocycles. The molecular formula is C24H26F3NO6. The Bertz CT molecular complexity index is 1050. The van der Waals surface area contributed by atoms with Crippen LogP contribution in [0.4, 0.5) is 18.0 Å². The van der Waals surface area contributed by atoms with Crippen LogP contribution < -0.4 is 9.47 Å². The predicted octanol–water partition coefficient (Wildman–Crippen LogP) is 5.17. The van der Waals surface area contributed by atoms with Crippen LogP contribution in [0, 0.1) is 0 Å². The number of esters is 1. The van der Waals surface area contributed by atoms with Gasteiger partial charge >= 0.3 is 18.4 Å². The molecule has 1 aliphatic rings. The van der Waals surface area contributed by atoms with Gasteiger partial charge in [-0.25, -0.2) is 9.59 Å². The molecule has 0 bridgehead atoms. The summed E-state index contributed by atoms with van der Waals surface area (Å²) in [5.74, 6) is -0.555. The first-order valence-electron chi connectivity index (χ1n) is 10.5. The Balaban J connectivity index is 1.80. The zero-order chi connectivity index (χ0) is 25.1. The van der Waals surface area contributed by atoms with Crippen LogP contribution in [0.1, 0.15) is 43.5 Å². The molecule has 34 heavy (non-hydrogen) atoms. The van der Waals surface area contributed by atoms with Crippen molar-refractivity contribution < 1.29 is 41.7 Å². The number of halogens is 3. The Labute approximate surface area is 195 Å². The minimum absolute atomic E-state index is 0.157. The van der Waals surface area contributed by atoms with Crippen molar-refractivity contribution in [2.75, 3.05) is 13.7 Å². The Hall–Kier alpha value is -3.43. The van der Waals surface area contributed by atoms with E-state index in [0.717, 1.165) is 5.56 Å². The maximum absolute atomic E-state index is 12.7. The minimum Gasteiger partial charge on any atom is -0.489 e. The second kappa shape index (κ2) is 9.82. The standard InChI is InChI=1S/C24H26F3NO6/c1-23(2,3)34-22(30)28-12-11-15-13-17(9-10-18(15)20(28)21(29)31-4)32-14-16-7-5-6-8-19(16)33-24(25,26)27/h5-10,13,20H,11-12,14H2,1-4H3/t20-/m1/s1. The smallest absolute Gasteiger partial charge is 0.489 e. The predicted molar refractivity (Wildman–Crippen MR) is 115 cm³/mol. The molecule has 0 radical (unpaired) electrons. The van der Waals surface area contributed by atoms with Crippen molar-refractivity contribution >= 4 is 12.1 Å². The van der Waals surface area contributed by atoms with Gasteiger partial charge in [-0.1, -0.05) is 24.3 Å². The highest BCUT2D eigenvalue weighted by atomic mass is 19.4. The van der Waals surface area contributed by atoms with Crippen LogP contribution >= 0.6 is 0 Å². The molecule has 1 amide bonds. The first-order chi connectivity index (χ1) is 15.9. The summed E-state index contributed by atoms with van der Waals surface area (Å²) >= 11 is 0. The van der Waals surface area contributed by atoms with Crippen molar-refractivity contribution in [3.8, 4) is 11.5 Å². The molecule has 1 aliphatic heterocycles. The summed E-state index contributed by atoms with van der Waals surface area (Å²) in [6, 6.07) is 9.65. The number of rotatable bonds is 5. The van der Waals surface area contributed by atoms with E-state index >= 15 is 0 Å². The number of carbonyl (C=O) groups excluding carboxylic acids is 2. The maximum Gasteiger partial charge on any atom is 0.573 e. The normalized spacial score (nSPS) is 15.9. The zero-order valence-electron chi connectivity index (χ0n) is 19.3. The van der Waals surface area contributed by atoms with E-state index in [9.17, 15) is 22.8 Å². The number of fused-ring (bicyclic) bond motifs is 1. The monoisotopic (exact) mass is 481 g/mol. The van der Waals surface area contributed by atoms with Crippen molar-refractivity contribution in [2.45, 2.75) is 51.8 Å². The van der Waals surface area contributed by atoms with Gasteiger partial charge in [-0.15, -0.1) is 13.2 Å². The molecule has 0 aliphatic carbocycles. The highest BCUT2D eigenvalue weighted by Gasteiger charge is 2.39. The third-order valence-electron chi connectivity index (χ3n) is 4.99. The van der Waals surface area contributed by atoms with Gasteiger partial charge in [0, 0.05) is 12.1 Å². The molecule has 0 aromatic heterocycles. The van der Waals surface area contributed by atoms with Crippen molar-refractivity contribution in [3.05, 3.63) is 59.2 Å². The number of para-hydroxylation sites is 1. The van der Waals surface area contributed by atoms with Gasteiger partial charge in [-0.05, 0) is 56.5 Å². The molecule has 1 atom stereocenters. The molecule has 184 valence electrons. The summed E-state index contributed by atoms with van der Waals surface area (Å²) in [6.45, 7) is 5.26. The average Bonchev–Trinajstić information content (AvgIpc) is 2.74. The third kappa shape index (κ3) is 6.33. The van der Waals surface area contributed by atoms with Crippen molar-refractivity contribution in [2.24, 2.45) is 0 Å². The quantitative estimate of drug-likeness (QED) is 0.549. The van der Waals surface area contributed by atoms with Gasteiger partial charge in [0.05, 0.1) is 7.11 Å². The molecular weight excluding hydrogens is 455 g/mol. The Morgan fingerprint density at radius 1 is 1.09 bits per heavy atom. The van der Waals surface area contributed by atoms with Gasteiger partial charge in [-0.2, -0.15) is 0 Å². The van der Waals surface area contributed by atoms with E-state index in [1.807, 2.05) is 0 Å². The topological polar surface area (TPSA) is 74.3 Å². The molecule has 3 rings (SSSR count). The SMILES string of the molecule is COC(=O)[C@H]1c2ccc(OCc3ccccc3OC(F)(F)F)cc2CCN1C(=O)OC(C)(C)C. The van der Waals surface area contributed by atoms with Gasteiger partial charge in [0.1, 0.15) is 23.7 Å². The van der Waals surface area contributed by atoms with E-state index in [0.29, 0.717) is 17.7 Å². The second-order valence-electron chi connectivity index (χ2n) is 8.65. The molecule has 0 spiro atoms. The first-order valence-corrected chi connectivity index (χ1v) is 10.5. The van der Waals surface area contributed by atoms with Crippen LogP contribution in [0.25, 0.3) is 0 Å². The fourth-order valence-corrected chi connectivity index (χ4v) is 3.58. The summed E-state index contributed by atoms with van der Waals surface area (Å²) in [6.07, 6.45) is -5.02. The number of methoxy groups -OCH3 is 1. The number of amides is 1. The lowest BCUT2D eigenvalue weighted by Gasteiger charge is -2.36. The summed E-state index contributed by atoms with van der Waals surface area (Å²) in [5, 5.41) is 0. The molecule has 10 heteroatoms. The fourth-order valence-electron chi connectivity index (χ4n) is 3.58. The molecule has 0 N–H and O–H groups in total. The van der Waals surface area contributed by atoms with Crippen LogP contribution in [0.2, 0.25) is 0 Å². The van der Waals surface area contributed by atoms with E-state index < -0.39 is 30.1 Å². The third-order valence-corrected chi connectivity index (χ3v) is 4.99. The molecule has 0 fully saturated rings. The van der Waals surface area contributed by atoms with Crippen LogP contribution in [0.3, 0.4) is 0 Å². The average molecular weight is 481 g/mol. The van der Waals surface area contributed by atoms with Crippen LogP contribution in [-0.2, 0) is 27.3 Å². The van der Waals surface area contributed by atoms with Crippen molar-refractivity contribution in [3.63, 3.8) is 0 Å². The van der Waals surface area contributed by atoms with E-state index in [-0.39, 0.29) is 24.5 Å². The maximum atomic E-state index is 12.7. The van der Waals surface area contributed by atoms with Gasteiger partial charge in [0.25, 0.3) is 0 Å². The van der Waals surface area contributed by atoms with E-state index in [2.05, 4.69) is 4.74 Å². The van der Waals surface area contributed by atoms with Gasteiger partial charge in [-0.3, -0.25) is 4.90 Å². The Morgan fingerprint density at radius 3 is 2.44 bits per heavy atom. The Morgan fingerprint density at radius 2 is 1.79 bits per heavy atom. The molecule has 2 aromatic rings. The summed E-state index contributed by atoms with van der Waals surface area (Å²) < 4.78 is 58.1. The fraction of sp³-hybridized carbons (Fsp3) is 0.417. The zero-order valence-corrected chi connectivity index (χ0v) is 19.3. The van der Waals surface area contributed by atoms with Crippen molar-refractivity contribution in [1.82, 2.24) is 4.90 Å². The molecule has 7 nitrogen and oxygen atoms in total. The molecule has 0 unspecified atom stereocenters. The summed E-state index contributed by atoms with van der Waals surface area (Å²) in [7, 11) is 1.24. The molecule has 1 heterocycles. The lowest BCUT2D eigenvalue weighted by Crippen LogP contribution is -2.46. The van der Waals surface area contributed by atoms with Crippen LogP contribution in [0.5, 0.6) is 11.5 Å². The van der Waals surface area contributed by atoms with Gasteiger partial charge in [0.15, 0.2) is 6.04 Å².